The van der Waals surface area contributed by atoms with E-state index in [1.165, 1.54) is 32.1 Å². The molecule has 24 heavy (non-hydrogen) atoms. The van der Waals surface area contributed by atoms with Gasteiger partial charge in [0.05, 0.1) is 0 Å². The summed E-state index contributed by atoms with van der Waals surface area (Å²) >= 11 is 0. The monoisotopic (exact) mass is 338 g/mol. The molecule has 2 fully saturated rings. The third-order valence-corrected chi connectivity index (χ3v) is 5.15. The molecule has 0 radical (unpaired) electrons. The van der Waals surface area contributed by atoms with Gasteiger partial charge in [0.15, 0.2) is 0 Å². The fourth-order valence-electron chi connectivity index (χ4n) is 3.81. The Bertz CT molecular complexity index is 438. The first-order valence-electron chi connectivity index (χ1n) is 9.52. The molecule has 2 amide bonds. The van der Waals surface area contributed by atoms with E-state index in [9.17, 15) is 9.59 Å². The molecule has 0 aromatic rings. The quantitative estimate of drug-likeness (QED) is 0.853. The molecule has 5 heteroatoms. The van der Waals surface area contributed by atoms with Crippen LogP contribution in [0.3, 0.4) is 0 Å². The summed E-state index contributed by atoms with van der Waals surface area (Å²) in [5.41, 5.74) is -0.482. The van der Waals surface area contributed by atoms with Crippen LogP contribution in [0.2, 0.25) is 0 Å². The van der Waals surface area contributed by atoms with E-state index >= 15 is 0 Å². The van der Waals surface area contributed by atoms with Gasteiger partial charge in [-0.3, -0.25) is 4.79 Å². The summed E-state index contributed by atoms with van der Waals surface area (Å²) in [5, 5.41) is 2.97. The number of rotatable bonds is 3. The van der Waals surface area contributed by atoms with Crippen LogP contribution in [0.5, 0.6) is 0 Å². The highest BCUT2D eigenvalue weighted by Crippen LogP contribution is 2.28. The van der Waals surface area contributed by atoms with Gasteiger partial charge >= 0.3 is 6.09 Å². The number of nitrogens with zero attached hydrogens (tertiary/aromatic N) is 1. The third kappa shape index (κ3) is 5.99. The largest absolute Gasteiger partial charge is 0.444 e. The highest BCUT2D eigenvalue weighted by molar-refractivity contribution is 5.76. The van der Waals surface area contributed by atoms with Crippen LogP contribution in [0.15, 0.2) is 0 Å². The van der Waals surface area contributed by atoms with E-state index < -0.39 is 5.60 Å². The zero-order valence-corrected chi connectivity index (χ0v) is 15.8. The fraction of sp³-hybridized carbons (Fsp3) is 0.895. The van der Waals surface area contributed by atoms with Gasteiger partial charge in [-0.2, -0.15) is 0 Å². The number of alkyl carbamates (subject to hydrolysis) is 1. The Hall–Kier alpha value is -1.26. The molecule has 138 valence electrons. The van der Waals surface area contributed by atoms with Crippen molar-refractivity contribution in [1.29, 1.82) is 0 Å². The van der Waals surface area contributed by atoms with Crippen LogP contribution < -0.4 is 5.32 Å². The van der Waals surface area contributed by atoms with Crippen LogP contribution in [0.4, 0.5) is 4.79 Å². The van der Waals surface area contributed by atoms with Gasteiger partial charge in [0, 0.05) is 25.6 Å². The highest BCUT2D eigenvalue weighted by atomic mass is 16.6. The maximum Gasteiger partial charge on any atom is 0.407 e. The molecule has 2 atom stereocenters. The molecular formula is C19H34N2O3. The van der Waals surface area contributed by atoms with Gasteiger partial charge in [-0.05, 0) is 51.9 Å². The van der Waals surface area contributed by atoms with Crippen LogP contribution in [0, 0.1) is 11.8 Å². The highest BCUT2D eigenvalue weighted by Gasteiger charge is 2.31. The number of ether oxygens (including phenoxy) is 1. The summed E-state index contributed by atoms with van der Waals surface area (Å²) in [5.74, 6) is 1.13. The third-order valence-electron chi connectivity index (χ3n) is 5.15. The topological polar surface area (TPSA) is 58.6 Å². The Balaban J connectivity index is 1.77. The van der Waals surface area contributed by atoms with Gasteiger partial charge in [0.2, 0.25) is 5.91 Å². The van der Waals surface area contributed by atoms with E-state index in [-0.39, 0.29) is 18.1 Å². The minimum absolute atomic E-state index is 0.0820. The predicted octanol–water partition coefficient (Wildman–Crippen LogP) is 3.72. The number of amides is 2. The van der Waals surface area contributed by atoms with Gasteiger partial charge < -0.3 is 15.0 Å². The van der Waals surface area contributed by atoms with Crippen LogP contribution in [-0.2, 0) is 9.53 Å². The van der Waals surface area contributed by atoms with Gasteiger partial charge in [0.1, 0.15) is 5.60 Å². The second-order valence-electron chi connectivity index (χ2n) is 8.57. The van der Waals surface area contributed by atoms with Crippen molar-refractivity contribution in [2.24, 2.45) is 11.8 Å². The van der Waals surface area contributed by atoms with E-state index in [4.69, 9.17) is 4.74 Å². The number of nitrogens with one attached hydrogen (secondary N) is 1. The first-order valence-corrected chi connectivity index (χ1v) is 9.52. The maximum absolute atomic E-state index is 12.5. The molecular weight excluding hydrogens is 304 g/mol. The molecule has 0 bridgehead atoms. The van der Waals surface area contributed by atoms with E-state index in [0.717, 1.165) is 19.5 Å². The first kappa shape index (κ1) is 19.1. The molecule has 1 heterocycles. The number of likely N-dealkylation sites (tertiary alicyclic amines) is 1. The van der Waals surface area contributed by atoms with E-state index in [2.05, 4.69) is 12.2 Å². The Morgan fingerprint density at radius 2 is 1.79 bits per heavy atom. The number of piperidine rings is 1. The minimum Gasteiger partial charge on any atom is -0.444 e. The molecule has 1 N–H and O–H groups in total. The number of hydrogen-bond donors (Lipinski definition) is 1. The van der Waals surface area contributed by atoms with Crippen molar-refractivity contribution in [3.63, 3.8) is 0 Å². The molecule has 2 aliphatic rings. The molecule has 1 aliphatic heterocycles. The molecule has 0 aromatic heterocycles. The number of carbonyl (C=O) groups excluding carboxylic acids is 2. The van der Waals surface area contributed by atoms with Crippen molar-refractivity contribution in [1.82, 2.24) is 10.2 Å². The second kappa shape index (κ2) is 8.21. The Morgan fingerprint density at radius 1 is 1.12 bits per heavy atom. The SMILES string of the molecule is C[C@@H]1CN(C(=O)CC2CCCCC2)CC[C@@H]1NC(=O)OC(C)(C)C. The van der Waals surface area contributed by atoms with Crippen molar-refractivity contribution < 1.29 is 14.3 Å². The van der Waals surface area contributed by atoms with Crippen molar-refractivity contribution in [3.8, 4) is 0 Å². The molecule has 1 saturated heterocycles. The zero-order chi connectivity index (χ0) is 17.7. The van der Waals surface area contributed by atoms with Gasteiger partial charge in [0.25, 0.3) is 0 Å². The summed E-state index contributed by atoms with van der Waals surface area (Å²) in [7, 11) is 0. The molecule has 1 aliphatic carbocycles. The average Bonchev–Trinajstić information content (AvgIpc) is 2.48. The van der Waals surface area contributed by atoms with Crippen molar-refractivity contribution >= 4 is 12.0 Å². The molecule has 2 rings (SSSR count). The van der Waals surface area contributed by atoms with E-state index in [0.29, 0.717) is 18.2 Å². The minimum atomic E-state index is -0.482. The van der Waals surface area contributed by atoms with Crippen LogP contribution >= 0.6 is 0 Å². The maximum atomic E-state index is 12.5. The lowest BCUT2D eigenvalue weighted by Gasteiger charge is -2.38. The average molecular weight is 338 g/mol. The van der Waals surface area contributed by atoms with E-state index in [1.54, 1.807) is 0 Å². The zero-order valence-electron chi connectivity index (χ0n) is 15.8. The molecule has 0 aromatic carbocycles. The summed E-state index contributed by atoms with van der Waals surface area (Å²) in [4.78, 5) is 26.5. The summed E-state index contributed by atoms with van der Waals surface area (Å²) in [6.07, 6.45) is 7.43. The lowest BCUT2D eigenvalue weighted by Crippen LogP contribution is -2.52. The van der Waals surface area contributed by atoms with Gasteiger partial charge in [-0.15, -0.1) is 0 Å². The van der Waals surface area contributed by atoms with Gasteiger partial charge in [-0.1, -0.05) is 26.2 Å². The summed E-state index contributed by atoms with van der Waals surface area (Å²) in [6, 6.07) is 0.0820. The Kier molecular flexibility index (Phi) is 6.53. The predicted molar refractivity (Wildman–Crippen MR) is 94.7 cm³/mol. The molecule has 1 saturated carbocycles. The van der Waals surface area contributed by atoms with E-state index in [1.807, 2.05) is 25.7 Å². The fourth-order valence-corrected chi connectivity index (χ4v) is 3.81. The van der Waals surface area contributed by atoms with Crippen LogP contribution in [0.1, 0.15) is 72.6 Å². The Labute approximate surface area is 146 Å². The normalized spacial score (nSPS) is 26.1. The Morgan fingerprint density at radius 3 is 2.38 bits per heavy atom. The summed E-state index contributed by atoms with van der Waals surface area (Å²) in [6.45, 7) is 9.15. The first-order chi connectivity index (χ1) is 11.2. The number of hydrogen-bond acceptors (Lipinski definition) is 3. The second-order valence-corrected chi connectivity index (χ2v) is 8.57. The molecule has 0 unspecified atom stereocenters. The van der Waals surface area contributed by atoms with Crippen molar-refractivity contribution in [2.45, 2.75) is 84.3 Å². The smallest absolute Gasteiger partial charge is 0.407 e. The lowest BCUT2D eigenvalue weighted by molar-refractivity contribution is -0.134. The lowest BCUT2D eigenvalue weighted by atomic mass is 9.86. The standard InChI is InChI=1S/C19H34N2O3/c1-14-13-21(17(22)12-15-8-6-5-7-9-15)11-10-16(14)20-18(23)24-19(2,3)4/h14-16H,5-13H2,1-4H3,(H,20,23)/t14-,16+/m1/s1. The molecule has 0 spiro atoms. The van der Waals surface area contributed by atoms with Gasteiger partial charge in [-0.25, -0.2) is 4.79 Å². The van der Waals surface area contributed by atoms with Crippen LogP contribution in [-0.4, -0.2) is 41.6 Å². The summed E-state index contributed by atoms with van der Waals surface area (Å²) < 4.78 is 5.33. The van der Waals surface area contributed by atoms with Crippen molar-refractivity contribution in [2.75, 3.05) is 13.1 Å². The van der Waals surface area contributed by atoms with Crippen LogP contribution in [0.25, 0.3) is 0 Å². The van der Waals surface area contributed by atoms with Crippen molar-refractivity contribution in [3.05, 3.63) is 0 Å². The number of carbonyl (C=O) groups is 2. The molecule has 5 nitrogen and oxygen atoms in total.